The Bertz CT molecular complexity index is 746. The molecule has 134 valence electrons. The first-order valence-electron chi connectivity index (χ1n) is 8.43. The van der Waals surface area contributed by atoms with Crippen LogP contribution >= 0.6 is 0 Å². The first kappa shape index (κ1) is 18.7. The lowest BCUT2D eigenvalue weighted by Crippen LogP contribution is -2.24. The van der Waals surface area contributed by atoms with Gasteiger partial charge in [0, 0.05) is 24.1 Å². The Morgan fingerprint density at radius 2 is 1.76 bits per heavy atom. The Balaban J connectivity index is 1.99. The van der Waals surface area contributed by atoms with Gasteiger partial charge in [-0.05, 0) is 24.6 Å². The van der Waals surface area contributed by atoms with Crippen molar-refractivity contribution in [3.05, 3.63) is 46.8 Å². The van der Waals surface area contributed by atoms with Crippen molar-refractivity contribution >= 4 is 17.5 Å². The van der Waals surface area contributed by atoms with Crippen molar-refractivity contribution in [2.45, 2.75) is 47.1 Å². The molecule has 2 rings (SSSR count). The molecule has 6 heteroatoms. The molecule has 0 unspecified atom stereocenters. The molecule has 0 aliphatic rings. The highest BCUT2D eigenvalue weighted by atomic mass is 16.5. The van der Waals surface area contributed by atoms with Crippen molar-refractivity contribution in [2.24, 2.45) is 5.92 Å². The van der Waals surface area contributed by atoms with Gasteiger partial charge in [-0.3, -0.25) is 9.59 Å². The van der Waals surface area contributed by atoms with Gasteiger partial charge >= 0.3 is 0 Å². The van der Waals surface area contributed by atoms with Gasteiger partial charge in [-0.15, -0.1) is 0 Å². The number of anilines is 1. The van der Waals surface area contributed by atoms with E-state index in [2.05, 4.69) is 15.8 Å². The monoisotopic (exact) mass is 343 g/mol. The fraction of sp³-hybridized carbons (Fsp3) is 0.421. The van der Waals surface area contributed by atoms with Crippen LogP contribution < -0.4 is 10.6 Å². The largest absolute Gasteiger partial charge is 0.360 e. The average Bonchev–Trinajstić information content (AvgIpc) is 2.95. The number of carbonyl (C=O) groups excluding carboxylic acids is 2. The highest BCUT2D eigenvalue weighted by Crippen LogP contribution is 2.22. The molecule has 2 amide bonds. The second-order valence-electron chi connectivity index (χ2n) is 6.69. The minimum atomic E-state index is -0.195. The fourth-order valence-corrected chi connectivity index (χ4v) is 2.32. The Kier molecular flexibility index (Phi) is 5.96. The Morgan fingerprint density at radius 1 is 1.12 bits per heavy atom. The van der Waals surface area contributed by atoms with E-state index < -0.39 is 0 Å². The zero-order chi connectivity index (χ0) is 18.6. The number of aromatic nitrogens is 1. The van der Waals surface area contributed by atoms with Gasteiger partial charge in [0.1, 0.15) is 5.56 Å². The van der Waals surface area contributed by atoms with Crippen molar-refractivity contribution in [3.8, 4) is 0 Å². The van der Waals surface area contributed by atoms with Crippen LogP contribution in [0.15, 0.2) is 28.8 Å². The number of hydrogen-bond donors (Lipinski definition) is 2. The summed E-state index contributed by atoms with van der Waals surface area (Å²) in [7, 11) is 0. The molecule has 0 radical (unpaired) electrons. The third-order valence-corrected chi connectivity index (χ3v) is 3.84. The maximum atomic E-state index is 12.4. The standard InChI is InChI=1S/C19H25N3O3/c1-11(2)17-16(13(5)22-25-17)19(24)20-10-14-6-8-15(9-7-14)21-18(23)12(3)4/h6-9,11-12H,10H2,1-5H3,(H,20,24)(H,21,23). The van der Waals surface area contributed by atoms with Crippen LogP contribution in [0.1, 0.15) is 61.0 Å². The molecule has 0 fully saturated rings. The summed E-state index contributed by atoms with van der Waals surface area (Å²) in [5, 5.41) is 9.62. The molecule has 2 N–H and O–H groups in total. The van der Waals surface area contributed by atoms with E-state index in [4.69, 9.17) is 4.52 Å². The zero-order valence-corrected chi connectivity index (χ0v) is 15.3. The SMILES string of the molecule is Cc1noc(C(C)C)c1C(=O)NCc1ccc(NC(=O)C(C)C)cc1. The normalized spacial score (nSPS) is 11.0. The summed E-state index contributed by atoms with van der Waals surface area (Å²) < 4.78 is 5.25. The molecular formula is C19H25N3O3. The lowest BCUT2D eigenvalue weighted by atomic mass is 10.0. The minimum absolute atomic E-state index is 0.0230. The van der Waals surface area contributed by atoms with Crippen LogP contribution in [0.3, 0.4) is 0 Å². The quantitative estimate of drug-likeness (QED) is 0.839. The topological polar surface area (TPSA) is 84.2 Å². The number of amides is 2. The van der Waals surface area contributed by atoms with E-state index in [-0.39, 0.29) is 23.7 Å². The van der Waals surface area contributed by atoms with Gasteiger partial charge in [-0.2, -0.15) is 0 Å². The molecule has 1 aromatic carbocycles. The molecule has 1 heterocycles. The van der Waals surface area contributed by atoms with Gasteiger partial charge in [0.15, 0.2) is 5.76 Å². The van der Waals surface area contributed by atoms with Gasteiger partial charge in [-0.25, -0.2) is 0 Å². The predicted octanol–water partition coefficient (Wildman–Crippen LogP) is 3.63. The molecule has 0 spiro atoms. The van der Waals surface area contributed by atoms with E-state index in [1.165, 1.54) is 0 Å². The summed E-state index contributed by atoms with van der Waals surface area (Å²) >= 11 is 0. The van der Waals surface area contributed by atoms with Crippen LogP contribution in [0.4, 0.5) is 5.69 Å². The van der Waals surface area contributed by atoms with Crippen LogP contribution in [-0.2, 0) is 11.3 Å². The lowest BCUT2D eigenvalue weighted by molar-refractivity contribution is -0.118. The lowest BCUT2D eigenvalue weighted by Gasteiger charge is -2.10. The van der Waals surface area contributed by atoms with Gasteiger partial charge in [0.25, 0.3) is 5.91 Å². The summed E-state index contributed by atoms with van der Waals surface area (Å²) in [4.78, 5) is 24.1. The second kappa shape index (κ2) is 7.96. The Hall–Kier alpha value is -2.63. The number of carbonyl (C=O) groups is 2. The summed E-state index contributed by atoms with van der Waals surface area (Å²) in [5.74, 6) is 0.401. The van der Waals surface area contributed by atoms with E-state index in [1.54, 1.807) is 6.92 Å². The maximum absolute atomic E-state index is 12.4. The average molecular weight is 343 g/mol. The highest BCUT2D eigenvalue weighted by Gasteiger charge is 2.22. The second-order valence-corrected chi connectivity index (χ2v) is 6.69. The molecule has 0 aliphatic heterocycles. The maximum Gasteiger partial charge on any atom is 0.257 e. The summed E-state index contributed by atoms with van der Waals surface area (Å²) in [6.45, 7) is 9.76. The molecule has 2 aromatic rings. The van der Waals surface area contributed by atoms with Gasteiger partial charge < -0.3 is 15.2 Å². The van der Waals surface area contributed by atoms with Crippen molar-refractivity contribution in [1.29, 1.82) is 0 Å². The summed E-state index contributed by atoms with van der Waals surface area (Å²) in [5.41, 5.74) is 2.78. The summed E-state index contributed by atoms with van der Waals surface area (Å²) in [6.07, 6.45) is 0. The molecular weight excluding hydrogens is 318 g/mol. The number of benzene rings is 1. The van der Waals surface area contributed by atoms with E-state index in [1.807, 2.05) is 52.0 Å². The number of nitrogens with zero attached hydrogens (tertiary/aromatic N) is 1. The van der Waals surface area contributed by atoms with Gasteiger partial charge in [0.2, 0.25) is 5.91 Å². The van der Waals surface area contributed by atoms with Crippen LogP contribution in [0, 0.1) is 12.8 Å². The molecule has 0 saturated carbocycles. The van der Waals surface area contributed by atoms with Crippen molar-refractivity contribution in [1.82, 2.24) is 10.5 Å². The zero-order valence-electron chi connectivity index (χ0n) is 15.3. The Labute approximate surface area is 148 Å². The molecule has 0 bridgehead atoms. The highest BCUT2D eigenvalue weighted by molar-refractivity contribution is 5.96. The smallest absolute Gasteiger partial charge is 0.257 e. The summed E-state index contributed by atoms with van der Waals surface area (Å²) in [6, 6.07) is 7.40. The van der Waals surface area contributed by atoms with E-state index in [0.29, 0.717) is 23.6 Å². The molecule has 0 aliphatic carbocycles. The number of rotatable bonds is 6. The molecule has 25 heavy (non-hydrogen) atoms. The van der Waals surface area contributed by atoms with Crippen molar-refractivity contribution in [3.63, 3.8) is 0 Å². The minimum Gasteiger partial charge on any atom is -0.360 e. The molecule has 0 atom stereocenters. The third kappa shape index (κ3) is 4.68. The number of aryl methyl sites for hydroxylation is 1. The molecule has 6 nitrogen and oxygen atoms in total. The van der Waals surface area contributed by atoms with Crippen LogP contribution in [0.2, 0.25) is 0 Å². The molecule has 1 aromatic heterocycles. The van der Waals surface area contributed by atoms with Crippen molar-refractivity contribution < 1.29 is 14.1 Å². The predicted molar refractivity (Wildman–Crippen MR) is 96.4 cm³/mol. The van der Waals surface area contributed by atoms with E-state index >= 15 is 0 Å². The fourth-order valence-electron chi connectivity index (χ4n) is 2.32. The number of nitrogens with one attached hydrogen (secondary N) is 2. The number of hydrogen-bond acceptors (Lipinski definition) is 4. The molecule has 0 saturated heterocycles. The third-order valence-electron chi connectivity index (χ3n) is 3.84. The first-order chi connectivity index (χ1) is 11.8. The van der Waals surface area contributed by atoms with Gasteiger partial charge in [-0.1, -0.05) is 45.0 Å². The van der Waals surface area contributed by atoms with E-state index in [0.717, 1.165) is 11.3 Å². The van der Waals surface area contributed by atoms with Crippen LogP contribution in [-0.4, -0.2) is 17.0 Å². The Morgan fingerprint density at radius 3 is 2.32 bits per heavy atom. The first-order valence-corrected chi connectivity index (χ1v) is 8.43. The van der Waals surface area contributed by atoms with Crippen LogP contribution in [0.5, 0.6) is 0 Å². The van der Waals surface area contributed by atoms with Crippen molar-refractivity contribution in [2.75, 3.05) is 5.32 Å². The van der Waals surface area contributed by atoms with Crippen LogP contribution in [0.25, 0.3) is 0 Å². The van der Waals surface area contributed by atoms with E-state index in [9.17, 15) is 9.59 Å². The van der Waals surface area contributed by atoms with Gasteiger partial charge in [0.05, 0.1) is 5.69 Å².